The van der Waals surface area contributed by atoms with Crippen LogP contribution in [0.25, 0.3) is 33.4 Å². The molecule has 0 heterocycles. The minimum atomic E-state index is 0.782. The third-order valence-electron chi connectivity index (χ3n) is 14.1. The first-order valence-electron chi connectivity index (χ1n) is 23.3. The Hall–Kier alpha value is -4.72. The summed E-state index contributed by atoms with van der Waals surface area (Å²) in [5, 5.41) is 0. The number of quaternary nitrogens is 1. The van der Waals surface area contributed by atoms with E-state index in [1.54, 1.807) is 0 Å². The standard InChI is InChI=1S/C57H64N/c1-2-3-4-5-6-7-8-9-10-11-12-13-14-15-16-23-39-58(55-36-24-33-49-46-30-20-17-27-43(46)40-52(49)55,56-37-25-34-50-47-31-21-18-28-44(47)41-53(50)56)57-38-26-35-51-48-32-22-19-29-45(48)42-54(51)57/h17-22,24-38H,2-16,23,39-42H2,1H3/q+1. The van der Waals surface area contributed by atoms with E-state index in [0.29, 0.717) is 0 Å². The lowest BCUT2D eigenvalue weighted by atomic mass is 9.94. The zero-order valence-electron chi connectivity index (χ0n) is 35.2. The van der Waals surface area contributed by atoms with Gasteiger partial charge in [0.25, 0.3) is 0 Å². The second-order valence-electron chi connectivity index (χ2n) is 17.7. The smallest absolute Gasteiger partial charge is 0.147 e. The average molecular weight is 763 g/mol. The van der Waals surface area contributed by atoms with Gasteiger partial charge in [0.1, 0.15) is 17.1 Å². The van der Waals surface area contributed by atoms with Crippen LogP contribution in [-0.2, 0) is 19.3 Å². The molecular weight excluding hydrogens is 699 g/mol. The maximum atomic E-state index is 2.51. The van der Waals surface area contributed by atoms with Crippen LogP contribution >= 0.6 is 0 Å². The number of hydrogen-bond donors (Lipinski definition) is 0. The number of benzene rings is 6. The molecule has 6 aromatic carbocycles. The summed E-state index contributed by atoms with van der Waals surface area (Å²) < 4.78 is 0.782. The Balaban J connectivity index is 1.03. The summed E-state index contributed by atoms with van der Waals surface area (Å²) in [7, 11) is 0. The van der Waals surface area contributed by atoms with Gasteiger partial charge in [-0.2, -0.15) is 0 Å². The Bertz CT molecular complexity index is 2110. The molecule has 296 valence electrons. The molecule has 0 aromatic heterocycles. The van der Waals surface area contributed by atoms with Crippen molar-refractivity contribution in [3.8, 4) is 33.4 Å². The highest BCUT2D eigenvalue weighted by Gasteiger charge is 2.45. The van der Waals surface area contributed by atoms with Gasteiger partial charge < -0.3 is 0 Å². The van der Waals surface area contributed by atoms with Gasteiger partial charge in [-0.3, -0.25) is 0 Å². The molecule has 0 spiro atoms. The molecule has 9 rings (SSSR count). The molecule has 0 saturated heterocycles. The molecule has 0 atom stereocenters. The van der Waals surface area contributed by atoms with E-state index in [1.165, 1.54) is 187 Å². The van der Waals surface area contributed by atoms with Crippen LogP contribution in [0.2, 0.25) is 0 Å². The minimum Gasteiger partial charge on any atom is -0.226 e. The van der Waals surface area contributed by atoms with Crippen LogP contribution in [0.15, 0.2) is 127 Å². The van der Waals surface area contributed by atoms with Crippen LogP contribution in [-0.4, -0.2) is 6.54 Å². The first kappa shape index (κ1) is 38.8. The Morgan fingerprint density at radius 3 is 0.948 bits per heavy atom. The van der Waals surface area contributed by atoms with Crippen molar-refractivity contribution in [2.75, 3.05) is 6.54 Å². The van der Waals surface area contributed by atoms with Crippen LogP contribution in [0.5, 0.6) is 0 Å². The van der Waals surface area contributed by atoms with Gasteiger partial charge in [-0.05, 0) is 62.9 Å². The van der Waals surface area contributed by atoms with E-state index in [4.69, 9.17) is 0 Å². The molecule has 6 aromatic rings. The molecule has 0 bridgehead atoms. The van der Waals surface area contributed by atoms with Gasteiger partial charge in [0.05, 0.1) is 6.54 Å². The summed E-state index contributed by atoms with van der Waals surface area (Å²) in [6.45, 7) is 3.37. The van der Waals surface area contributed by atoms with Gasteiger partial charge in [-0.25, -0.2) is 4.48 Å². The molecule has 0 aliphatic heterocycles. The van der Waals surface area contributed by atoms with Crippen LogP contribution in [0, 0.1) is 0 Å². The second kappa shape index (κ2) is 18.0. The van der Waals surface area contributed by atoms with Crippen molar-refractivity contribution >= 4 is 17.1 Å². The van der Waals surface area contributed by atoms with Crippen molar-refractivity contribution in [1.29, 1.82) is 0 Å². The van der Waals surface area contributed by atoms with Crippen LogP contribution in [0.4, 0.5) is 17.1 Å². The third kappa shape index (κ3) is 7.52. The molecule has 0 saturated carbocycles. The fourth-order valence-electron chi connectivity index (χ4n) is 11.1. The Morgan fingerprint density at radius 2 is 0.603 bits per heavy atom. The Labute approximate surface area is 349 Å². The number of hydrogen-bond acceptors (Lipinski definition) is 0. The number of rotatable bonds is 20. The largest absolute Gasteiger partial charge is 0.226 e. The average Bonchev–Trinajstić information content (AvgIpc) is 3.97. The first-order valence-corrected chi connectivity index (χ1v) is 23.3. The van der Waals surface area contributed by atoms with Crippen molar-refractivity contribution in [2.45, 2.75) is 129 Å². The summed E-state index contributed by atoms with van der Waals surface area (Å²) in [6, 6.07) is 49.3. The van der Waals surface area contributed by atoms with E-state index in [9.17, 15) is 0 Å². The topological polar surface area (TPSA) is 0 Å². The van der Waals surface area contributed by atoms with Crippen molar-refractivity contribution in [3.05, 3.63) is 161 Å². The van der Waals surface area contributed by atoms with Crippen molar-refractivity contribution in [2.24, 2.45) is 0 Å². The summed E-state index contributed by atoms with van der Waals surface area (Å²) in [6.07, 6.45) is 25.2. The summed E-state index contributed by atoms with van der Waals surface area (Å²) in [5.41, 5.74) is 21.9. The first-order chi connectivity index (χ1) is 28.8. The van der Waals surface area contributed by atoms with Gasteiger partial charge in [0, 0.05) is 54.2 Å². The molecule has 0 radical (unpaired) electrons. The lowest BCUT2D eigenvalue weighted by Crippen LogP contribution is -2.42. The minimum absolute atomic E-state index is 0.782. The highest BCUT2D eigenvalue weighted by molar-refractivity contribution is 5.92. The molecule has 0 amide bonds. The van der Waals surface area contributed by atoms with Crippen molar-refractivity contribution < 1.29 is 0 Å². The fraction of sp³-hybridized carbons (Fsp3) is 0.368. The quantitative estimate of drug-likeness (QED) is 0.0536. The third-order valence-corrected chi connectivity index (χ3v) is 14.1. The van der Waals surface area contributed by atoms with E-state index in [2.05, 4.69) is 134 Å². The van der Waals surface area contributed by atoms with E-state index < -0.39 is 0 Å². The van der Waals surface area contributed by atoms with E-state index in [-0.39, 0.29) is 0 Å². The maximum Gasteiger partial charge on any atom is 0.147 e. The van der Waals surface area contributed by atoms with E-state index in [0.717, 1.165) is 30.3 Å². The van der Waals surface area contributed by atoms with Gasteiger partial charge in [0.2, 0.25) is 0 Å². The molecule has 0 N–H and O–H groups in total. The maximum absolute atomic E-state index is 2.51. The zero-order valence-corrected chi connectivity index (χ0v) is 35.2. The van der Waals surface area contributed by atoms with Crippen molar-refractivity contribution in [1.82, 2.24) is 4.48 Å². The molecule has 58 heavy (non-hydrogen) atoms. The lowest BCUT2D eigenvalue weighted by molar-refractivity contribution is 0.467. The van der Waals surface area contributed by atoms with E-state index >= 15 is 0 Å². The molecule has 3 aliphatic rings. The molecule has 3 aliphatic carbocycles. The monoisotopic (exact) mass is 763 g/mol. The molecule has 1 heteroatoms. The zero-order chi connectivity index (χ0) is 39.2. The predicted octanol–water partition coefficient (Wildman–Crippen LogP) is 16.6. The number of fused-ring (bicyclic) bond motifs is 9. The number of nitrogens with zero attached hydrogens (tertiary/aromatic N) is 1. The van der Waals surface area contributed by atoms with E-state index in [1.807, 2.05) is 0 Å². The highest BCUT2D eigenvalue weighted by atomic mass is 15.4. The van der Waals surface area contributed by atoms with Crippen LogP contribution in [0.1, 0.15) is 143 Å². The highest BCUT2D eigenvalue weighted by Crippen LogP contribution is 2.57. The van der Waals surface area contributed by atoms with Gasteiger partial charge in [-0.15, -0.1) is 0 Å². The number of unbranched alkanes of at least 4 members (excludes halogenated alkanes) is 15. The second-order valence-corrected chi connectivity index (χ2v) is 17.7. The van der Waals surface area contributed by atoms with Gasteiger partial charge in [-0.1, -0.05) is 206 Å². The molecule has 1 nitrogen and oxygen atoms in total. The molecular formula is C57H64N+. The Morgan fingerprint density at radius 1 is 0.310 bits per heavy atom. The summed E-state index contributed by atoms with van der Waals surface area (Å²) in [5.74, 6) is 0. The Kier molecular flexibility index (Phi) is 12.1. The van der Waals surface area contributed by atoms with Crippen LogP contribution < -0.4 is 4.48 Å². The SMILES string of the molecule is CCCCCCCCCCCCCCCCCC[N+](c1cccc2c1Cc1ccccc1-2)(c1cccc2c1Cc1ccccc1-2)c1cccc2c1Cc1ccccc1-2. The lowest BCUT2D eigenvalue weighted by Gasteiger charge is -2.41. The fourth-order valence-corrected chi connectivity index (χ4v) is 11.1. The summed E-state index contributed by atoms with van der Waals surface area (Å²) >= 11 is 0. The van der Waals surface area contributed by atoms with Crippen LogP contribution in [0.3, 0.4) is 0 Å². The van der Waals surface area contributed by atoms with Gasteiger partial charge in [0.15, 0.2) is 0 Å². The summed E-state index contributed by atoms with van der Waals surface area (Å²) in [4.78, 5) is 0. The molecule has 0 fully saturated rings. The normalized spacial score (nSPS) is 13.2. The van der Waals surface area contributed by atoms with Gasteiger partial charge >= 0.3 is 0 Å². The predicted molar refractivity (Wildman–Crippen MR) is 250 cm³/mol. The van der Waals surface area contributed by atoms with Crippen molar-refractivity contribution in [3.63, 3.8) is 0 Å². The molecule has 0 unspecified atom stereocenters.